The molecule has 0 saturated carbocycles. The summed E-state index contributed by atoms with van der Waals surface area (Å²) in [5.41, 5.74) is 3.16. The first kappa shape index (κ1) is 15.8. The van der Waals surface area contributed by atoms with E-state index >= 15 is 0 Å². The molecular formula is C20H22N4O. The molecule has 1 aliphatic heterocycles. The zero-order valence-electron chi connectivity index (χ0n) is 14.1. The maximum Gasteiger partial charge on any atom is 0.223 e. The van der Waals surface area contributed by atoms with Crippen LogP contribution in [0.1, 0.15) is 23.9 Å². The number of fused-ring (bicyclic) bond motifs is 1. The van der Waals surface area contributed by atoms with Crippen LogP contribution in [0.15, 0.2) is 54.6 Å². The molecule has 128 valence electrons. The van der Waals surface area contributed by atoms with E-state index < -0.39 is 0 Å². The zero-order chi connectivity index (χ0) is 17.1. The lowest BCUT2D eigenvalue weighted by Gasteiger charge is -2.35. The summed E-state index contributed by atoms with van der Waals surface area (Å²) < 4.78 is 0. The predicted octanol–water partition coefficient (Wildman–Crippen LogP) is 2.67. The Bertz CT molecular complexity index is 825. The van der Waals surface area contributed by atoms with E-state index in [-0.39, 0.29) is 11.9 Å². The van der Waals surface area contributed by atoms with Crippen LogP contribution in [0.5, 0.6) is 0 Å². The summed E-state index contributed by atoms with van der Waals surface area (Å²) in [6.07, 6.45) is 1.30. The van der Waals surface area contributed by atoms with Crippen molar-refractivity contribution in [3.8, 4) is 0 Å². The Morgan fingerprint density at radius 2 is 1.92 bits per heavy atom. The van der Waals surface area contributed by atoms with Crippen LogP contribution in [0.3, 0.4) is 0 Å². The van der Waals surface area contributed by atoms with Gasteiger partial charge in [-0.25, -0.2) is 4.98 Å². The quantitative estimate of drug-likeness (QED) is 0.771. The summed E-state index contributed by atoms with van der Waals surface area (Å²) in [6.45, 7) is 2.28. The molecule has 4 rings (SSSR count). The maximum absolute atomic E-state index is 12.8. The Labute approximate surface area is 147 Å². The van der Waals surface area contributed by atoms with Gasteiger partial charge in [-0.1, -0.05) is 42.5 Å². The number of rotatable bonds is 4. The minimum atomic E-state index is -0.0376. The number of carbonyl (C=O) groups excluding carboxylic acids is 1. The SMILES string of the molecule is O=C(CCc1ccccc1)N1CCNCC1c1nc2ccccc2[nH]1. The van der Waals surface area contributed by atoms with Crippen molar-refractivity contribution in [2.24, 2.45) is 0 Å². The second-order valence-electron chi connectivity index (χ2n) is 6.43. The van der Waals surface area contributed by atoms with E-state index in [1.165, 1.54) is 5.56 Å². The van der Waals surface area contributed by atoms with Crippen molar-refractivity contribution in [2.45, 2.75) is 18.9 Å². The van der Waals surface area contributed by atoms with Crippen LogP contribution in [0.2, 0.25) is 0 Å². The summed E-state index contributed by atoms with van der Waals surface area (Å²) in [4.78, 5) is 22.9. The Hall–Kier alpha value is -2.66. The highest BCUT2D eigenvalue weighted by molar-refractivity contribution is 5.78. The normalized spacial score (nSPS) is 17.8. The third kappa shape index (κ3) is 3.42. The number of benzene rings is 2. The zero-order valence-corrected chi connectivity index (χ0v) is 14.1. The molecule has 0 radical (unpaired) electrons. The van der Waals surface area contributed by atoms with Crippen LogP contribution in [-0.2, 0) is 11.2 Å². The van der Waals surface area contributed by atoms with Gasteiger partial charge in [0.1, 0.15) is 11.9 Å². The molecule has 1 aromatic heterocycles. The topological polar surface area (TPSA) is 61.0 Å². The molecule has 25 heavy (non-hydrogen) atoms. The number of H-pyrrole nitrogens is 1. The highest BCUT2D eigenvalue weighted by atomic mass is 16.2. The van der Waals surface area contributed by atoms with Gasteiger partial charge in [0.15, 0.2) is 0 Å². The molecule has 1 atom stereocenters. The van der Waals surface area contributed by atoms with Gasteiger partial charge in [0.2, 0.25) is 5.91 Å². The lowest BCUT2D eigenvalue weighted by atomic mass is 10.1. The molecule has 0 bridgehead atoms. The minimum absolute atomic E-state index is 0.0376. The number of para-hydroxylation sites is 2. The molecular weight excluding hydrogens is 312 g/mol. The number of nitrogens with zero attached hydrogens (tertiary/aromatic N) is 2. The highest BCUT2D eigenvalue weighted by Crippen LogP contribution is 2.23. The fourth-order valence-electron chi connectivity index (χ4n) is 3.42. The number of hydrogen-bond donors (Lipinski definition) is 2. The second kappa shape index (κ2) is 7.07. The molecule has 2 heterocycles. The number of imidazole rings is 1. The summed E-state index contributed by atoms with van der Waals surface area (Å²) in [5, 5.41) is 3.38. The fraction of sp³-hybridized carbons (Fsp3) is 0.300. The molecule has 1 unspecified atom stereocenters. The van der Waals surface area contributed by atoms with E-state index in [0.717, 1.165) is 42.9 Å². The van der Waals surface area contributed by atoms with Crippen molar-refractivity contribution in [3.05, 3.63) is 66.0 Å². The first-order valence-corrected chi connectivity index (χ1v) is 8.80. The van der Waals surface area contributed by atoms with Crippen LogP contribution in [0, 0.1) is 0 Å². The largest absolute Gasteiger partial charge is 0.340 e. The van der Waals surface area contributed by atoms with Gasteiger partial charge in [0.25, 0.3) is 0 Å². The van der Waals surface area contributed by atoms with Crippen molar-refractivity contribution in [1.82, 2.24) is 20.2 Å². The Morgan fingerprint density at radius 1 is 1.12 bits per heavy atom. The van der Waals surface area contributed by atoms with Crippen LogP contribution in [0.25, 0.3) is 11.0 Å². The van der Waals surface area contributed by atoms with Gasteiger partial charge in [-0.05, 0) is 24.1 Å². The van der Waals surface area contributed by atoms with E-state index in [4.69, 9.17) is 4.98 Å². The van der Waals surface area contributed by atoms with Crippen LogP contribution in [0.4, 0.5) is 0 Å². The molecule has 1 fully saturated rings. The third-order valence-corrected chi connectivity index (χ3v) is 4.76. The molecule has 5 heteroatoms. The fourth-order valence-corrected chi connectivity index (χ4v) is 3.42. The third-order valence-electron chi connectivity index (χ3n) is 4.76. The number of nitrogens with one attached hydrogen (secondary N) is 2. The average Bonchev–Trinajstić information content (AvgIpc) is 3.11. The van der Waals surface area contributed by atoms with Gasteiger partial charge in [-0.15, -0.1) is 0 Å². The number of aromatic nitrogens is 2. The van der Waals surface area contributed by atoms with E-state index in [1.807, 2.05) is 47.4 Å². The smallest absolute Gasteiger partial charge is 0.223 e. The molecule has 1 amide bonds. The van der Waals surface area contributed by atoms with Gasteiger partial charge in [-0.2, -0.15) is 0 Å². The van der Waals surface area contributed by atoms with Crippen molar-refractivity contribution in [2.75, 3.05) is 19.6 Å². The molecule has 1 aliphatic rings. The summed E-state index contributed by atoms with van der Waals surface area (Å²) in [7, 11) is 0. The molecule has 0 aliphatic carbocycles. The van der Waals surface area contributed by atoms with E-state index in [1.54, 1.807) is 0 Å². The number of piperazine rings is 1. The monoisotopic (exact) mass is 334 g/mol. The van der Waals surface area contributed by atoms with Gasteiger partial charge in [0.05, 0.1) is 11.0 Å². The molecule has 2 aromatic carbocycles. The number of carbonyl (C=O) groups is 1. The Kier molecular flexibility index (Phi) is 4.48. The van der Waals surface area contributed by atoms with E-state index in [9.17, 15) is 4.79 Å². The predicted molar refractivity (Wildman–Crippen MR) is 98.2 cm³/mol. The highest BCUT2D eigenvalue weighted by Gasteiger charge is 2.29. The summed E-state index contributed by atoms with van der Waals surface area (Å²) in [6, 6.07) is 18.1. The van der Waals surface area contributed by atoms with Crippen LogP contribution in [-0.4, -0.2) is 40.4 Å². The lowest BCUT2D eigenvalue weighted by molar-refractivity contribution is -0.134. The van der Waals surface area contributed by atoms with Crippen LogP contribution >= 0.6 is 0 Å². The Morgan fingerprint density at radius 3 is 2.76 bits per heavy atom. The van der Waals surface area contributed by atoms with Crippen molar-refractivity contribution in [3.63, 3.8) is 0 Å². The first-order chi connectivity index (χ1) is 12.3. The minimum Gasteiger partial charge on any atom is -0.340 e. The number of aromatic amines is 1. The van der Waals surface area contributed by atoms with E-state index in [2.05, 4.69) is 22.4 Å². The van der Waals surface area contributed by atoms with Gasteiger partial charge >= 0.3 is 0 Å². The summed E-state index contributed by atoms with van der Waals surface area (Å²) in [5.74, 6) is 1.05. The Balaban J connectivity index is 1.51. The summed E-state index contributed by atoms with van der Waals surface area (Å²) >= 11 is 0. The first-order valence-electron chi connectivity index (χ1n) is 8.80. The molecule has 2 N–H and O–H groups in total. The molecule has 5 nitrogen and oxygen atoms in total. The molecule has 3 aromatic rings. The van der Waals surface area contributed by atoms with Crippen LogP contribution < -0.4 is 5.32 Å². The number of amides is 1. The standard InChI is InChI=1S/C20H22N4O/c25-19(11-10-15-6-2-1-3-7-15)24-13-12-21-14-18(24)20-22-16-8-4-5-9-17(16)23-20/h1-9,18,21H,10-14H2,(H,22,23). The second-order valence-corrected chi connectivity index (χ2v) is 6.43. The molecule has 1 saturated heterocycles. The maximum atomic E-state index is 12.8. The van der Waals surface area contributed by atoms with Crippen molar-refractivity contribution < 1.29 is 4.79 Å². The lowest BCUT2D eigenvalue weighted by Crippen LogP contribution is -2.49. The van der Waals surface area contributed by atoms with Gasteiger partial charge in [0, 0.05) is 26.1 Å². The number of aryl methyl sites for hydroxylation is 1. The van der Waals surface area contributed by atoms with Gasteiger partial charge in [-0.3, -0.25) is 4.79 Å². The van der Waals surface area contributed by atoms with Crippen molar-refractivity contribution >= 4 is 16.9 Å². The number of hydrogen-bond acceptors (Lipinski definition) is 3. The average molecular weight is 334 g/mol. The van der Waals surface area contributed by atoms with Crippen molar-refractivity contribution in [1.29, 1.82) is 0 Å². The van der Waals surface area contributed by atoms with Gasteiger partial charge < -0.3 is 15.2 Å². The van der Waals surface area contributed by atoms with E-state index in [0.29, 0.717) is 6.42 Å². The molecule has 0 spiro atoms.